The molecule has 4 aromatic rings. The van der Waals surface area contributed by atoms with Crippen molar-refractivity contribution in [3.8, 4) is 0 Å². The number of aromatic nitrogens is 4. The molecule has 0 atom stereocenters. The third-order valence-corrected chi connectivity index (χ3v) is 9.24. The Morgan fingerprint density at radius 3 is 2.43 bits per heavy atom. The number of carbonyl (C=O) groups excluding carboxylic acids is 2. The molecular weight excluding hydrogens is 678 g/mol. The van der Waals surface area contributed by atoms with Crippen LogP contribution in [0.25, 0.3) is 11.2 Å². The van der Waals surface area contributed by atoms with Gasteiger partial charge in [0.05, 0.1) is 23.0 Å². The van der Waals surface area contributed by atoms with Gasteiger partial charge in [-0.15, -0.1) is 0 Å². The molecule has 2 saturated heterocycles. The fraction of sp³-hybridized carbons (Fsp3) is 0.387. The molecule has 49 heavy (non-hydrogen) atoms. The molecule has 18 heteroatoms. The summed E-state index contributed by atoms with van der Waals surface area (Å²) in [6, 6.07) is 8.46. The number of nitrogens with zero attached hydrogens (tertiary/aromatic N) is 6. The van der Waals surface area contributed by atoms with Gasteiger partial charge in [0, 0.05) is 56.0 Å². The normalized spacial score (nSPS) is 16.6. The predicted molar refractivity (Wildman–Crippen MR) is 169 cm³/mol. The Hall–Kier alpha value is -4.42. The van der Waals surface area contributed by atoms with E-state index in [2.05, 4.69) is 30.4 Å². The average Bonchev–Trinajstić information content (AvgIpc) is 3.46. The summed E-state index contributed by atoms with van der Waals surface area (Å²) in [5.41, 5.74) is -0.722. The second-order valence-electron chi connectivity index (χ2n) is 11.5. The van der Waals surface area contributed by atoms with Crippen LogP contribution >= 0.6 is 11.8 Å². The third-order valence-electron chi connectivity index (χ3n) is 8.26. The minimum atomic E-state index is -5.23. The number of fused-ring (bicyclic) bond motifs is 1. The second-order valence-corrected chi connectivity index (χ2v) is 12.6. The summed E-state index contributed by atoms with van der Waals surface area (Å²) < 4.78 is 88.4. The zero-order valence-corrected chi connectivity index (χ0v) is 26.8. The molecule has 4 heterocycles. The van der Waals surface area contributed by atoms with Gasteiger partial charge >= 0.3 is 18.3 Å². The van der Waals surface area contributed by atoms with Gasteiger partial charge in [-0.05, 0) is 50.2 Å². The Morgan fingerprint density at radius 1 is 1.02 bits per heavy atom. The molecule has 0 aliphatic carbocycles. The highest BCUT2D eigenvalue weighted by Crippen LogP contribution is 2.39. The van der Waals surface area contributed by atoms with Gasteiger partial charge in [-0.1, -0.05) is 23.9 Å². The summed E-state index contributed by atoms with van der Waals surface area (Å²) in [4.78, 5) is 40.0. The monoisotopic (exact) mass is 708 g/mol. The largest absolute Gasteiger partial charge is 0.471 e. The number of anilines is 3. The van der Waals surface area contributed by atoms with Crippen LogP contribution in [0.5, 0.6) is 0 Å². The van der Waals surface area contributed by atoms with E-state index in [4.69, 9.17) is 4.74 Å². The molecule has 0 unspecified atom stereocenters. The van der Waals surface area contributed by atoms with E-state index in [1.807, 2.05) is 11.9 Å². The van der Waals surface area contributed by atoms with Gasteiger partial charge in [-0.25, -0.2) is 9.97 Å². The Morgan fingerprint density at radius 2 is 1.73 bits per heavy atom. The van der Waals surface area contributed by atoms with Gasteiger partial charge in [0.1, 0.15) is 5.03 Å². The average molecular weight is 709 g/mol. The lowest BCUT2D eigenvalue weighted by Gasteiger charge is -2.37. The highest BCUT2D eigenvalue weighted by molar-refractivity contribution is 7.99. The molecule has 2 aliphatic rings. The lowest BCUT2D eigenvalue weighted by Crippen LogP contribution is -2.50. The third kappa shape index (κ3) is 7.60. The minimum absolute atomic E-state index is 0.00565. The molecule has 0 bridgehead atoms. The summed E-state index contributed by atoms with van der Waals surface area (Å²) in [5.74, 6) is -3.07. The van der Waals surface area contributed by atoms with Crippen LogP contribution in [0.2, 0.25) is 0 Å². The van der Waals surface area contributed by atoms with Gasteiger partial charge in [0.25, 0.3) is 5.91 Å². The number of carbonyl (C=O) groups is 2. The number of ether oxygens (including phenoxy) is 1. The van der Waals surface area contributed by atoms with E-state index in [9.17, 15) is 35.9 Å². The van der Waals surface area contributed by atoms with Gasteiger partial charge in [-0.3, -0.25) is 14.7 Å². The van der Waals surface area contributed by atoms with Gasteiger partial charge < -0.3 is 24.8 Å². The highest BCUT2D eigenvalue weighted by atomic mass is 32.2. The molecule has 0 spiro atoms. The van der Waals surface area contributed by atoms with Crippen molar-refractivity contribution < 1.29 is 40.7 Å². The first-order valence-electron chi connectivity index (χ1n) is 15.2. The van der Waals surface area contributed by atoms with Crippen molar-refractivity contribution >= 4 is 51.9 Å². The van der Waals surface area contributed by atoms with Gasteiger partial charge in [0.2, 0.25) is 5.65 Å². The molecule has 0 radical (unpaired) electrons. The van der Waals surface area contributed by atoms with Gasteiger partial charge in [0.15, 0.2) is 11.3 Å². The van der Waals surface area contributed by atoms with Crippen molar-refractivity contribution in [1.29, 1.82) is 0 Å². The Bertz CT molecular complexity index is 1840. The van der Waals surface area contributed by atoms with Crippen LogP contribution < -0.4 is 15.1 Å². The fourth-order valence-electron chi connectivity index (χ4n) is 5.72. The molecular formula is C31H30F6N8O3S. The van der Waals surface area contributed by atoms with Gasteiger partial charge in [-0.2, -0.15) is 31.4 Å². The number of halogens is 6. The molecule has 2 aromatic carbocycles. The van der Waals surface area contributed by atoms with Crippen LogP contribution in [-0.4, -0.2) is 95.5 Å². The number of H-pyrrole nitrogens is 1. The van der Waals surface area contributed by atoms with E-state index in [0.717, 1.165) is 6.07 Å². The van der Waals surface area contributed by atoms with E-state index in [-0.39, 0.29) is 64.2 Å². The molecule has 2 amide bonds. The second kappa shape index (κ2) is 13.8. The van der Waals surface area contributed by atoms with E-state index in [1.165, 1.54) is 36.5 Å². The van der Waals surface area contributed by atoms with Crippen molar-refractivity contribution in [2.75, 3.05) is 61.6 Å². The molecule has 2 aromatic heterocycles. The number of piperazine rings is 1. The maximum absolute atomic E-state index is 14.1. The topological polar surface area (TPSA) is 120 Å². The number of aromatic amines is 1. The van der Waals surface area contributed by atoms with Crippen molar-refractivity contribution in [2.45, 2.75) is 41.2 Å². The van der Waals surface area contributed by atoms with Crippen molar-refractivity contribution in [3.05, 3.63) is 59.8 Å². The molecule has 2 aliphatic heterocycles. The maximum Gasteiger partial charge on any atom is 0.471 e. The van der Waals surface area contributed by atoms with Crippen LogP contribution in [0.1, 0.15) is 28.8 Å². The summed E-state index contributed by atoms with van der Waals surface area (Å²) in [5, 5.41) is 9.23. The van der Waals surface area contributed by atoms with Crippen LogP contribution in [0.15, 0.2) is 58.6 Å². The summed E-state index contributed by atoms with van der Waals surface area (Å²) in [6.07, 6.45) is -8.36. The molecule has 6 rings (SSSR count). The van der Waals surface area contributed by atoms with E-state index >= 15 is 0 Å². The van der Waals surface area contributed by atoms with Crippen LogP contribution in [0.4, 0.5) is 43.5 Å². The summed E-state index contributed by atoms with van der Waals surface area (Å²) >= 11 is 0.710. The first kappa shape index (κ1) is 34.4. The smallest absolute Gasteiger partial charge is 0.381 e. The molecule has 11 nitrogen and oxygen atoms in total. The SMILES string of the molecule is CN1CCN(c2ccc(C(=O)Nc3[nH]nc4ncc(Sc5ccccc5C(F)(F)F)nc34)c(N(C(=O)C(F)(F)F)C3CCOCC3)c2)CC1. The molecule has 2 N–H and O–H groups in total. The Balaban J connectivity index is 1.36. The number of nitrogens with one attached hydrogen (secondary N) is 2. The summed E-state index contributed by atoms with van der Waals surface area (Å²) in [6.45, 7) is 2.85. The van der Waals surface area contributed by atoms with E-state index in [1.54, 1.807) is 6.07 Å². The molecule has 0 saturated carbocycles. The number of amides is 2. The Kier molecular flexibility index (Phi) is 9.72. The quantitative estimate of drug-likeness (QED) is 0.237. The number of alkyl halides is 6. The first-order valence-corrected chi connectivity index (χ1v) is 16.0. The molecule has 2 fully saturated rings. The summed E-state index contributed by atoms with van der Waals surface area (Å²) in [7, 11) is 1.96. The lowest BCUT2D eigenvalue weighted by atomic mass is 10.0. The predicted octanol–water partition coefficient (Wildman–Crippen LogP) is 5.60. The number of hydrogen-bond donors (Lipinski definition) is 2. The highest BCUT2D eigenvalue weighted by Gasteiger charge is 2.46. The van der Waals surface area contributed by atoms with Crippen molar-refractivity contribution in [3.63, 3.8) is 0 Å². The van der Waals surface area contributed by atoms with E-state index < -0.39 is 35.8 Å². The van der Waals surface area contributed by atoms with Crippen LogP contribution in [-0.2, 0) is 15.7 Å². The number of benzene rings is 2. The zero-order valence-electron chi connectivity index (χ0n) is 25.9. The van der Waals surface area contributed by atoms with Crippen LogP contribution in [0.3, 0.4) is 0 Å². The standard InChI is InChI=1S/C31H30F6N8O3S/c1-43-10-12-44(13-11-43)19-6-7-20(22(16-19)45(29(47)31(35,36)37)18-8-14-48-15-9-18)28(46)40-27-25-26(41-42-27)38-17-24(39-25)49-23-5-3-2-4-21(23)30(32,33)34/h2-7,16-18H,8-15H2,1H3,(H2,38,40,41,42,46). The lowest BCUT2D eigenvalue weighted by molar-refractivity contribution is -0.171. The van der Waals surface area contributed by atoms with Crippen molar-refractivity contribution in [1.82, 2.24) is 25.1 Å². The molecule has 260 valence electrons. The number of likely N-dealkylation sites (N-methyl/N-ethyl adjacent to an activating group) is 1. The van der Waals surface area contributed by atoms with E-state index in [0.29, 0.717) is 48.5 Å². The minimum Gasteiger partial charge on any atom is -0.381 e. The first-order chi connectivity index (χ1) is 23.3. The zero-order chi connectivity index (χ0) is 34.9. The number of hydrogen-bond acceptors (Lipinski definition) is 9. The van der Waals surface area contributed by atoms with Crippen LogP contribution in [0, 0.1) is 0 Å². The Labute approximate surface area is 280 Å². The maximum atomic E-state index is 14.1. The number of rotatable bonds is 7. The fourth-order valence-corrected chi connectivity index (χ4v) is 6.63. The van der Waals surface area contributed by atoms with Crippen molar-refractivity contribution in [2.24, 2.45) is 0 Å².